The normalized spacial score (nSPS) is 22.0. The minimum absolute atomic E-state index is 0.121. The summed E-state index contributed by atoms with van der Waals surface area (Å²) in [5, 5.41) is 9.11. The topological polar surface area (TPSA) is 108 Å². The molecule has 8 nitrogen and oxygen atoms in total. The van der Waals surface area contributed by atoms with Crippen LogP contribution in [0.4, 0.5) is 0 Å². The largest absolute Gasteiger partial charge is 0.497 e. The van der Waals surface area contributed by atoms with Gasteiger partial charge in [0, 0.05) is 11.6 Å². The molecule has 2 rings (SSSR count). The molecular weight excluding hydrogens is 351 g/mol. The van der Waals surface area contributed by atoms with Gasteiger partial charge in [-0.1, -0.05) is 0 Å². The van der Waals surface area contributed by atoms with Crippen LogP contribution in [0, 0.1) is 0 Å². The molecule has 0 spiro atoms. The Morgan fingerprint density at radius 2 is 2.08 bits per heavy atom. The van der Waals surface area contributed by atoms with Crippen molar-refractivity contribution < 1.29 is 37.8 Å². The minimum Gasteiger partial charge on any atom is -0.497 e. The van der Waals surface area contributed by atoms with Gasteiger partial charge >= 0.3 is 19.5 Å². The fourth-order valence-electron chi connectivity index (χ4n) is 2.54. The van der Waals surface area contributed by atoms with Crippen molar-refractivity contribution in [2.45, 2.75) is 19.4 Å². The molecule has 1 aromatic rings. The molecule has 1 N–H and O–H groups in total. The number of hydrogen-bond acceptors (Lipinski definition) is 7. The van der Waals surface area contributed by atoms with Crippen LogP contribution in [-0.4, -0.2) is 37.9 Å². The molecule has 1 aliphatic heterocycles. The number of fused-ring (bicyclic) bond motifs is 1. The van der Waals surface area contributed by atoms with Gasteiger partial charge in [-0.05, 0) is 30.7 Å². The Bertz CT molecular complexity index is 755. The first-order valence-electron chi connectivity index (χ1n) is 7.48. The summed E-state index contributed by atoms with van der Waals surface area (Å²) in [6.45, 7) is 1.78. The van der Waals surface area contributed by atoms with Crippen LogP contribution in [0.1, 0.15) is 30.6 Å². The van der Waals surface area contributed by atoms with E-state index < -0.39 is 25.6 Å². The van der Waals surface area contributed by atoms with Gasteiger partial charge in [0.25, 0.3) is 0 Å². The van der Waals surface area contributed by atoms with E-state index in [0.29, 0.717) is 16.9 Å². The van der Waals surface area contributed by atoms with E-state index in [2.05, 4.69) is 4.74 Å². The van der Waals surface area contributed by atoms with E-state index in [1.807, 2.05) is 0 Å². The van der Waals surface area contributed by atoms with Gasteiger partial charge in [-0.25, -0.2) is 4.79 Å². The summed E-state index contributed by atoms with van der Waals surface area (Å²) >= 11 is 0. The standard InChI is InChI=1S/C16H19O8P/c1-4-23-25(20)16-10(5-6-14(17)18)7-11(21-2)8-12(16)13(24-25)9-15(19)22-3/h5-8,13H,4,9H2,1-3H3,(H,17,18). The summed E-state index contributed by atoms with van der Waals surface area (Å²) in [6.07, 6.45) is 1.21. The fraction of sp³-hybridized carbons (Fsp3) is 0.375. The molecule has 2 atom stereocenters. The highest BCUT2D eigenvalue weighted by atomic mass is 31.2. The summed E-state index contributed by atoms with van der Waals surface area (Å²) in [5.74, 6) is -1.29. The van der Waals surface area contributed by atoms with E-state index in [-0.39, 0.29) is 18.3 Å². The van der Waals surface area contributed by atoms with Crippen LogP contribution >= 0.6 is 7.60 Å². The van der Waals surface area contributed by atoms with Gasteiger partial charge in [-0.3, -0.25) is 13.9 Å². The number of carboxylic acids is 1. The molecule has 9 heteroatoms. The number of carbonyl (C=O) groups excluding carboxylic acids is 1. The molecule has 1 heterocycles. The van der Waals surface area contributed by atoms with Crippen LogP contribution in [0.15, 0.2) is 18.2 Å². The quantitative estimate of drug-likeness (QED) is 0.442. The molecule has 2 unspecified atom stereocenters. The molecule has 0 bridgehead atoms. The molecule has 0 saturated heterocycles. The second-order valence-corrected chi connectivity index (χ2v) is 7.03. The van der Waals surface area contributed by atoms with Gasteiger partial charge in [-0.2, -0.15) is 0 Å². The van der Waals surface area contributed by atoms with Crippen molar-refractivity contribution >= 4 is 30.9 Å². The van der Waals surface area contributed by atoms with Gasteiger partial charge in [0.15, 0.2) is 0 Å². The Hall–Kier alpha value is -2.15. The van der Waals surface area contributed by atoms with E-state index in [9.17, 15) is 14.2 Å². The fourth-order valence-corrected chi connectivity index (χ4v) is 4.68. The Morgan fingerprint density at radius 1 is 1.36 bits per heavy atom. The predicted molar refractivity (Wildman–Crippen MR) is 89.0 cm³/mol. The SMILES string of the molecule is CCOP1(=O)OC(CC(=O)OC)c2cc(OC)cc(C=CC(=O)O)c21. The number of rotatable bonds is 7. The third kappa shape index (κ3) is 4.10. The van der Waals surface area contributed by atoms with Crippen molar-refractivity contribution in [3.8, 4) is 5.75 Å². The van der Waals surface area contributed by atoms with Crippen molar-refractivity contribution in [1.29, 1.82) is 0 Å². The van der Waals surface area contributed by atoms with Gasteiger partial charge in [-0.15, -0.1) is 0 Å². The number of carboxylic acid groups (broad SMARTS) is 1. The van der Waals surface area contributed by atoms with Crippen LogP contribution in [0.5, 0.6) is 5.75 Å². The lowest BCUT2D eigenvalue weighted by atomic mass is 10.0. The Morgan fingerprint density at radius 3 is 2.64 bits per heavy atom. The number of esters is 1. The maximum atomic E-state index is 13.2. The van der Waals surface area contributed by atoms with E-state index in [0.717, 1.165) is 6.08 Å². The maximum absolute atomic E-state index is 13.2. The smallest absolute Gasteiger partial charge is 0.362 e. The summed E-state index contributed by atoms with van der Waals surface area (Å²) < 4.78 is 33.9. The first kappa shape index (κ1) is 19.2. The van der Waals surface area contributed by atoms with Gasteiger partial charge in [0.1, 0.15) is 11.9 Å². The van der Waals surface area contributed by atoms with E-state index in [1.165, 1.54) is 26.4 Å². The molecule has 1 aromatic carbocycles. The van der Waals surface area contributed by atoms with Crippen LogP contribution in [0.3, 0.4) is 0 Å². The second kappa shape index (κ2) is 7.82. The zero-order valence-corrected chi connectivity index (χ0v) is 14.9. The summed E-state index contributed by atoms with van der Waals surface area (Å²) in [4.78, 5) is 22.5. The van der Waals surface area contributed by atoms with Crippen LogP contribution in [-0.2, 0) is 27.9 Å². The first-order chi connectivity index (χ1) is 11.8. The molecule has 0 aliphatic carbocycles. The van der Waals surface area contributed by atoms with Crippen molar-refractivity contribution in [2.75, 3.05) is 20.8 Å². The first-order valence-corrected chi connectivity index (χ1v) is 9.02. The van der Waals surface area contributed by atoms with E-state index in [4.69, 9.17) is 18.9 Å². The number of benzene rings is 1. The van der Waals surface area contributed by atoms with E-state index in [1.54, 1.807) is 13.0 Å². The van der Waals surface area contributed by atoms with Gasteiger partial charge in [0.05, 0.1) is 32.6 Å². The third-order valence-corrected chi connectivity index (χ3v) is 5.74. The number of carbonyl (C=O) groups is 2. The van der Waals surface area contributed by atoms with E-state index >= 15 is 0 Å². The number of ether oxygens (including phenoxy) is 2. The number of aliphatic carboxylic acids is 1. The molecule has 136 valence electrons. The average molecular weight is 370 g/mol. The summed E-state index contributed by atoms with van der Waals surface area (Å²) in [7, 11) is -1.03. The molecule has 0 amide bonds. The molecule has 0 saturated carbocycles. The third-order valence-electron chi connectivity index (χ3n) is 3.55. The highest BCUT2D eigenvalue weighted by Crippen LogP contribution is 2.59. The van der Waals surface area contributed by atoms with Crippen molar-refractivity contribution in [2.24, 2.45) is 0 Å². The molecular formula is C16H19O8P. The maximum Gasteiger partial charge on any atom is 0.362 e. The predicted octanol–water partition coefficient (Wildman–Crippen LogP) is 2.28. The van der Waals surface area contributed by atoms with Gasteiger partial charge in [0.2, 0.25) is 0 Å². The monoisotopic (exact) mass is 370 g/mol. The molecule has 25 heavy (non-hydrogen) atoms. The Labute approximate surface area is 144 Å². The van der Waals surface area contributed by atoms with Crippen molar-refractivity contribution in [3.05, 3.63) is 29.3 Å². The highest BCUT2D eigenvalue weighted by Gasteiger charge is 2.45. The second-order valence-electron chi connectivity index (χ2n) is 5.12. The van der Waals surface area contributed by atoms with Crippen LogP contribution in [0.2, 0.25) is 0 Å². The Balaban J connectivity index is 2.63. The summed E-state index contributed by atoms with van der Waals surface area (Å²) in [5.41, 5.74) is 0.785. The zero-order valence-electron chi connectivity index (χ0n) is 14.1. The average Bonchev–Trinajstić information content (AvgIpc) is 2.84. The van der Waals surface area contributed by atoms with Crippen molar-refractivity contribution in [1.82, 2.24) is 0 Å². The van der Waals surface area contributed by atoms with Crippen molar-refractivity contribution in [3.63, 3.8) is 0 Å². The minimum atomic E-state index is -3.72. The zero-order chi connectivity index (χ0) is 18.6. The number of hydrogen-bond donors (Lipinski definition) is 1. The lowest BCUT2D eigenvalue weighted by Gasteiger charge is -2.14. The van der Waals surface area contributed by atoms with Gasteiger partial charge < -0.3 is 19.1 Å². The molecule has 0 fully saturated rings. The molecule has 1 aliphatic rings. The van der Waals surface area contributed by atoms with Crippen LogP contribution in [0.25, 0.3) is 6.08 Å². The molecule has 0 radical (unpaired) electrons. The van der Waals surface area contributed by atoms with Crippen LogP contribution < -0.4 is 10.0 Å². The number of methoxy groups -OCH3 is 2. The summed E-state index contributed by atoms with van der Waals surface area (Å²) in [6, 6.07) is 3.13. The molecule has 0 aromatic heterocycles. The highest BCUT2D eigenvalue weighted by molar-refractivity contribution is 7.62. The lowest BCUT2D eigenvalue weighted by molar-refractivity contribution is -0.142. The lowest BCUT2D eigenvalue weighted by Crippen LogP contribution is -2.13. The Kier molecular flexibility index (Phi) is 6.00.